The number of rotatable bonds is 2. The monoisotopic (exact) mass is 196 g/mol. The van der Waals surface area contributed by atoms with E-state index in [1.165, 1.54) is 5.56 Å². The highest BCUT2D eigenvalue weighted by Crippen LogP contribution is 2.13. The zero-order chi connectivity index (χ0) is 10.0. The summed E-state index contributed by atoms with van der Waals surface area (Å²) in [7, 11) is 0. The normalized spacial score (nSPS) is 12.6. The summed E-state index contributed by atoms with van der Waals surface area (Å²) >= 11 is 5.71. The number of alkyl halides is 1. The van der Waals surface area contributed by atoms with E-state index in [1.807, 2.05) is 32.0 Å². The van der Waals surface area contributed by atoms with E-state index in [9.17, 15) is 4.79 Å². The lowest BCUT2D eigenvalue weighted by Crippen LogP contribution is -2.10. The van der Waals surface area contributed by atoms with Crippen molar-refractivity contribution in [3.63, 3.8) is 0 Å². The molecule has 1 nitrogen and oxygen atoms in total. The van der Waals surface area contributed by atoms with Crippen molar-refractivity contribution in [1.29, 1.82) is 0 Å². The van der Waals surface area contributed by atoms with E-state index in [-0.39, 0.29) is 5.78 Å². The third-order valence-electron chi connectivity index (χ3n) is 2.15. The maximum absolute atomic E-state index is 11.5. The van der Waals surface area contributed by atoms with Crippen molar-refractivity contribution in [3.8, 4) is 0 Å². The topological polar surface area (TPSA) is 17.1 Å². The highest BCUT2D eigenvalue weighted by atomic mass is 35.5. The van der Waals surface area contributed by atoms with Gasteiger partial charge in [0, 0.05) is 5.56 Å². The largest absolute Gasteiger partial charge is 0.293 e. The number of halogens is 1. The fraction of sp³-hybridized carbons (Fsp3) is 0.364. The molecule has 0 bridgehead atoms. The molecule has 13 heavy (non-hydrogen) atoms. The molecule has 2 heteroatoms. The van der Waals surface area contributed by atoms with Gasteiger partial charge in [-0.3, -0.25) is 4.79 Å². The molecule has 0 aliphatic rings. The first-order valence-corrected chi connectivity index (χ1v) is 4.71. The standard InChI is InChI=1S/C11H13ClO/c1-7-4-5-10(6-8(7)2)11(13)9(3)12/h4-6,9H,1-3H3/t9-/m1/s1. The first kappa shape index (κ1) is 10.3. The van der Waals surface area contributed by atoms with Crippen molar-refractivity contribution < 1.29 is 4.79 Å². The van der Waals surface area contributed by atoms with Gasteiger partial charge in [0.1, 0.15) is 0 Å². The molecule has 0 unspecified atom stereocenters. The Morgan fingerprint density at radius 1 is 1.31 bits per heavy atom. The lowest BCUT2D eigenvalue weighted by Gasteiger charge is -2.05. The van der Waals surface area contributed by atoms with E-state index in [0.29, 0.717) is 5.56 Å². The highest BCUT2D eigenvalue weighted by molar-refractivity contribution is 6.33. The van der Waals surface area contributed by atoms with Crippen LogP contribution < -0.4 is 0 Å². The predicted molar refractivity (Wildman–Crippen MR) is 55.6 cm³/mol. The van der Waals surface area contributed by atoms with Gasteiger partial charge in [0.2, 0.25) is 0 Å². The van der Waals surface area contributed by atoms with Crippen molar-refractivity contribution in [1.82, 2.24) is 0 Å². The third kappa shape index (κ3) is 2.31. The van der Waals surface area contributed by atoms with Crippen LogP contribution in [0.4, 0.5) is 0 Å². The molecule has 0 amide bonds. The quantitative estimate of drug-likeness (QED) is 0.525. The van der Waals surface area contributed by atoms with Crippen LogP contribution in [0.15, 0.2) is 18.2 Å². The first-order chi connectivity index (χ1) is 6.02. The summed E-state index contributed by atoms with van der Waals surface area (Å²) in [5.74, 6) is -0.00948. The molecule has 0 spiro atoms. The van der Waals surface area contributed by atoms with Crippen molar-refractivity contribution >= 4 is 17.4 Å². The maximum Gasteiger partial charge on any atom is 0.180 e. The number of Topliss-reactive ketones (excluding diaryl/α,β-unsaturated/α-hetero) is 1. The summed E-state index contributed by atoms with van der Waals surface area (Å²) in [6.07, 6.45) is 0. The Balaban J connectivity index is 3.04. The van der Waals surface area contributed by atoms with Crippen LogP contribution in [-0.2, 0) is 0 Å². The fourth-order valence-electron chi connectivity index (χ4n) is 1.12. The molecule has 0 saturated carbocycles. The number of hydrogen-bond donors (Lipinski definition) is 0. The summed E-state index contributed by atoms with van der Waals surface area (Å²) in [5, 5.41) is -0.442. The van der Waals surface area contributed by atoms with E-state index in [1.54, 1.807) is 6.92 Å². The van der Waals surface area contributed by atoms with Crippen molar-refractivity contribution in [2.45, 2.75) is 26.1 Å². The van der Waals surface area contributed by atoms with Crippen molar-refractivity contribution in [3.05, 3.63) is 34.9 Å². The van der Waals surface area contributed by atoms with Gasteiger partial charge in [-0.25, -0.2) is 0 Å². The van der Waals surface area contributed by atoms with Gasteiger partial charge in [0.15, 0.2) is 5.78 Å². The minimum absolute atomic E-state index is 0.00948. The van der Waals surface area contributed by atoms with Gasteiger partial charge >= 0.3 is 0 Å². The molecule has 1 aromatic carbocycles. The summed E-state index contributed by atoms with van der Waals surface area (Å²) < 4.78 is 0. The summed E-state index contributed by atoms with van der Waals surface area (Å²) in [4.78, 5) is 11.5. The van der Waals surface area contributed by atoms with E-state index in [2.05, 4.69) is 0 Å². The smallest absolute Gasteiger partial charge is 0.180 e. The second kappa shape index (κ2) is 3.93. The van der Waals surface area contributed by atoms with Crippen LogP contribution in [0.1, 0.15) is 28.4 Å². The first-order valence-electron chi connectivity index (χ1n) is 4.28. The van der Waals surface area contributed by atoms with Crippen LogP contribution in [0.25, 0.3) is 0 Å². The molecule has 0 fully saturated rings. The Kier molecular flexibility index (Phi) is 3.10. The molecular weight excluding hydrogens is 184 g/mol. The molecule has 0 aliphatic carbocycles. The molecule has 0 saturated heterocycles. The Bertz CT molecular complexity index is 329. The van der Waals surface area contributed by atoms with Crippen LogP contribution in [0.5, 0.6) is 0 Å². The molecule has 1 rings (SSSR count). The van der Waals surface area contributed by atoms with Gasteiger partial charge in [0.25, 0.3) is 0 Å². The van der Waals surface area contributed by atoms with Gasteiger partial charge in [-0.15, -0.1) is 11.6 Å². The molecule has 0 heterocycles. The molecule has 1 atom stereocenters. The van der Waals surface area contributed by atoms with Crippen LogP contribution >= 0.6 is 11.6 Å². The van der Waals surface area contributed by atoms with E-state index in [0.717, 1.165) is 5.56 Å². The van der Waals surface area contributed by atoms with Crippen molar-refractivity contribution in [2.75, 3.05) is 0 Å². The third-order valence-corrected chi connectivity index (χ3v) is 2.35. The number of carbonyl (C=O) groups excluding carboxylic acids is 1. The summed E-state index contributed by atoms with van der Waals surface area (Å²) in [6, 6.07) is 5.65. The van der Waals surface area contributed by atoms with Gasteiger partial charge in [-0.05, 0) is 38.0 Å². The number of carbonyl (C=O) groups is 1. The van der Waals surface area contributed by atoms with Crippen LogP contribution in [0.3, 0.4) is 0 Å². The maximum atomic E-state index is 11.5. The van der Waals surface area contributed by atoms with E-state index in [4.69, 9.17) is 11.6 Å². The Morgan fingerprint density at radius 2 is 1.92 bits per heavy atom. The number of benzene rings is 1. The zero-order valence-corrected chi connectivity index (χ0v) is 8.85. The molecule has 70 valence electrons. The minimum Gasteiger partial charge on any atom is -0.293 e. The Hall–Kier alpha value is -0.820. The Morgan fingerprint density at radius 3 is 2.38 bits per heavy atom. The van der Waals surface area contributed by atoms with Crippen LogP contribution in [0, 0.1) is 13.8 Å². The predicted octanol–water partition coefficient (Wildman–Crippen LogP) is 3.11. The Labute approximate surface area is 83.7 Å². The lowest BCUT2D eigenvalue weighted by molar-refractivity contribution is 0.0991. The summed E-state index contributed by atoms with van der Waals surface area (Å²) in [6.45, 7) is 5.71. The fourth-order valence-corrected chi connectivity index (χ4v) is 1.25. The van der Waals surface area contributed by atoms with E-state index < -0.39 is 5.38 Å². The van der Waals surface area contributed by atoms with Crippen LogP contribution in [-0.4, -0.2) is 11.2 Å². The SMILES string of the molecule is Cc1ccc(C(=O)[C@@H](C)Cl)cc1C. The van der Waals surface area contributed by atoms with Gasteiger partial charge in [-0.1, -0.05) is 12.1 Å². The lowest BCUT2D eigenvalue weighted by atomic mass is 10.0. The second-order valence-electron chi connectivity index (χ2n) is 3.28. The molecule has 0 aliphatic heterocycles. The average molecular weight is 197 g/mol. The molecule has 1 aromatic rings. The zero-order valence-electron chi connectivity index (χ0n) is 8.10. The second-order valence-corrected chi connectivity index (χ2v) is 3.93. The highest BCUT2D eigenvalue weighted by Gasteiger charge is 2.12. The number of aryl methyl sites for hydroxylation is 2. The van der Waals surface area contributed by atoms with E-state index >= 15 is 0 Å². The van der Waals surface area contributed by atoms with Gasteiger partial charge in [-0.2, -0.15) is 0 Å². The molecular formula is C11H13ClO. The number of ketones is 1. The molecule has 0 N–H and O–H groups in total. The average Bonchev–Trinajstić information content (AvgIpc) is 2.08. The number of hydrogen-bond acceptors (Lipinski definition) is 1. The van der Waals surface area contributed by atoms with Gasteiger partial charge < -0.3 is 0 Å². The van der Waals surface area contributed by atoms with Crippen LogP contribution in [0.2, 0.25) is 0 Å². The molecule has 0 radical (unpaired) electrons. The summed E-state index contributed by atoms with van der Waals surface area (Å²) in [5.41, 5.74) is 3.02. The van der Waals surface area contributed by atoms with Gasteiger partial charge in [0.05, 0.1) is 5.38 Å². The molecule has 0 aromatic heterocycles. The van der Waals surface area contributed by atoms with Crippen molar-refractivity contribution in [2.24, 2.45) is 0 Å². The minimum atomic E-state index is -0.442.